The molecule has 0 fully saturated rings. The Hall–Kier alpha value is -2.60. The van der Waals surface area contributed by atoms with Crippen LogP contribution in [0.5, 0.6) is 23.0 Å². The summed E-state index contributed by atoms with van der Waals surface area (Å²) in [4.78, 5) is 0. The van der Waals surface area contributed by atoms with Crippen LogP contribution >= 0.6 is 0 Å². The number of anilines is 1. The van der Waals surface area contributed by atoms with Gasteiger partial charge in [-0.25, -0.2) is 0 Å². The van der Waals surface area contributed by atoms with E-state index >= 15 is 0 Å². The third-order valence-corrected chi connectivity index (χ3v) is 3.38. The lowest BCUT2D eigenvalue weighted by molar-refractivity contribution is 0.105. The molecule has 0 aliphatic rings. The van der Waals surface area contributed by atoms with Gasteiger partial charge >= 0.3 is 0 Å². The van der Waals surface area contributed by atoms with Crippen LogP contribution in [0, 0.1) is 0 Å². The minimum atomic E-state index is -0.887. The van der Waals surface area contributed by atoms with Crippen molar-refractivity contribution in [1.29, 1.82) is 0 Å². The van der Waals surface area contributed by atoms with Gasteiger partial charge in [0.1, 0.15) is 18.5 Å². The zero-order valence-corrected chi connectivity index (χ0v) is 13.4. The summed E-state index contributed by atoms with van der Waals surface area (Å²) in [5, 5.41) is 10.4. The molecule has 6 nitrogen and oxygen atoms in total. The second-order valence-electron chi connectivity index (χ2n) is 4.82. The van der Waals surface area contributed by atoms with Crippen molar-refractivity contribution >= 4 is 5.69 Å². The van der Waals surface area contributed by atoms with Gasteiger partial charge in [-0.1, -0.05) is 0 Å². The van der Waals surface area contributed by atoms with Crippen LogP contribution in [0.2, 0.25) is 0 Å². The zero-order chi connectivity index (χ0) is 16.8. The van der Waals surface area contributed by atoms with Crippen LogP contribution in [-0.4, -0.2) is 33.0 Å². The number of methoxy groups -OCH3 is 3. The molecule has 6 heteroatoms. The van der Waals surface area contributed by atoms with Gasteiger partial charge in [-0.3, -0.25) is 0 Å². The molecule has 0 heterocycles. The molecule has 1 unspecified atom stereocenters. The molecule has 0 aliphatic carbocycles. The summed E-state index contributed by atoms with van der Waals surface area (Å²) in [7, 11) is 4.56. The van der Waals surface area contributed by atoms with Gasteiger partial charge in [-0.15, -0.1) is 0 Å². The normalized spacial score (nSPS) is 11.7. The number of aliphatic hydroxyl groups is 1. The summed E-state index contributed by atoms with van der Waals surface area (Å²) in [6.45, 7) is 0.0652. The van der Waals surface area contributed by atoms with E-state index < -0.39 is 6.10 Å². The Balaban J connectivity index is 2.18. The standard InChI is InChI=1S/C17H21NO5/c1-20-15-9-8-13(16(21-2)17(15)22-3)14(19)10-23-12-6-4-11(18)5-7-12/h4-9,14,19H,10,18H2,1-3H3. The molecule has 0 aliphatic heterocycles. The number of nitrogen functional groups attached to an aromatic ring is 1. The van der Waals surface area contributed by atoms with Gasteiger partial charge in [-0.2, -0.15) is 0 Å². The maximum atomic E-state index is 10.4. The Morgan fingerprint density at radius 1 is 0.913 bits per heavy atom. The van der Waals surface area contributed by atoms with Gasteiger partial charge < -0.3 is 29.8 Å². The number of nitrogens with two attached hydrogens (primary N) is 1. The quantitative estimate of drug-likeness (QED) is 0.763. The van der Waals surface area contributed by atoms with E-state index in [1.165, 1.54) is 21.3 Å². The van der Waals surface area contributed by atoms with E-state index in [1.807, 2.05) is 0 Å². The number of benzene rings is 2. The number of ether oxygens (including phenoxy) is 4. The molecule has 2 aromatic rings. The molecule has 0 aromatic heterocycles. The first-order chi connectivity index (χ1) is 11.1. The monoisotopic (exact) mass is 319 g/mol. The van der Waals surface area contributed by atoms with Crippen LogP contribution in [0.3, 0.4) is 0 Å². The van der Waals surface area contributed by atoms with Gasteiger partial charge in [0.2, 0.25) is 5.75 Å². The minimum absolute atomic E-state index is 0.0652. The van der Waals surface area contributed by atoms with Crippen LogP contribution in [0.15, 0.2) is 36.4 Å². The molecule has 124 valence electrons. The van der Waals surface area contributed by atoms with E-state index in [9.17, 15) is 5.11 Å². The number of hydrogen-bond acceptors (Lipinski definition) is 6. The van der Waals surface area contributed by atoms with E-state index in [4.69, 9.17) is 24.7 Å². The van der Waals surface area contributed by atoms with E-state index in [2.05, 4.69) is 0 Å². The first-order valence-corrected chi connectivity index (χ1v) is 7.06. The lowest BCUT2D eigenvalue weighted by Gasteiger charge is -2.19. The average molecular weight is 319 g/mol. The Morgan fingerprint density at radius 2 is 1.57 bits per heavy atom. The summed E-state index contributed by atoms with van der Waals surface area (Å²) >= 11 is 0. The zero-order valence-electron chi connectivity index (χ0n) is 13.4. The van der Waals surface area contributed by atoms with E-state index in [-0.39, 0.29) is 6.61 Å². The number of hydrogen-bond donors (Lipinski definition) is 2. The molecule has 0 bridgehead atoms. The highest BCUT2D eigenvalue weighted by Gasteiger charge is 2.21. The second-order valence-corrected chi connectivity index (χ2v) is 4.82. The number of aliphatic hydroxyl groups excluding tert-OH is 1. The predicted octanol–water partition coefficient (Wildman–Crippen LogP) is 2.41. The molecule has 2 aromatic carbocycles. The van der Waals surface area contributed by atoms with Crippen LogP contribution in [0.4, 0.5) is 5.69 Å². The molecule has 3 N–H and O–H groups in total. The highest BCUT2D eigenvalue weighted by molar-refractivity contribution is 5.56. The van der Waals surface area contributed by atoms with Gasteiger partial charge in [-0.05, 0) is 36.4 Å². The van der Waals surface area contributed by atoms with Gasteiger partial charge in [0.15, 0.2) is 11.5 Å². The second kappa shape index (κ2) is 7.60. The van der Waals surface area contributed by atoms with Crippen LogP contribution < -0.4 is 24.7 Å². The van der Waals surface area contributed by atoms with Crippen LogP contribution in [-0.2, 0) is 0 Å². The van der Waals surface area contributed by atoms with Crippen molar-refractivity contribution in [3.63, 3.8) is 0 Å². The molecule has 0 saturated carbocycles. The third kappa shape index (κ3) is 3.78. The Kier molecular flexibility index (Phi) is 5.54. The van der Waals surface area contributed by atoms with Crippen molar-refractivity contribution in [3.8, 4) is 23.0 Å². The van der Waals surface area contributed by atoms with Crippen LogP contribution in [0.1, 0.15) is 11.7 Å². The molecular formula is C17H21NO5. The molecule has 0 amide bonds. The van der Waals surface area contributed by atoms with Crippen molar-refractivity contribution in [2.45, 2.75) is 6.10 Å². The largest absolute Gasteiger partial charge is 0.493 e. The highest BCUT2D eigenvalue weighted by atomic mass is 16.5. The highest BCUT2D eigenvalue weighted by Crippen LogP contribution is 2.42. The van der Waals surface area contributed by atoms with Crippen molar-refractivity contribution in [2.24, 2.45) is 0 Å². The molecular weight excluding hydrogens is 298 g/mol. The Bertz CT molecular complexity index is 642. The molecule has 2 rings (SSSR count). The molecule has 0 radical (unpaired) electrons. The van der Waals surface area contributed by atoms with Crippen molar-refractivity contribution < 1.29 is 24.1 Å². The molecule has 0 spiro atoms. The van der Waals surface area contributed by atoms with E-state index in [0.29, 0.717) is 34.2 Å². The smallest absolute Gasteiger partial charge is 0.203 e. The van der Waals surface area contributed by atoms with E-state index in [0.717, 1.165) is 0 Å². The fourth-order valence-electron chi connectivity index (χ4n) is 2.22. The van der Waals surface area contributed by atoms with Crippen molar-refractivity contribution in [3.05, 3.63) is 42.0 Å². The third-order valence-electron chi connectivity index (χ3n) is 3.38. The SMILES string of the molecule is COc1ccc(C(O)COc2ccc(N)cc2)c(OC)c1OC. The first-order valence-electron chi connectivity index (χ1n) is 7.06. The Labute approximate surface area is 135 Å². The molecule has 23 heavy (non-hydrogen) atoms. The lowest BCUT2D eigenvalue weighted by atomic mass is 10.1. The predicted molar refractivity (Wildman–Crippen MR) is 87.4 cm³/mol. The first kappa shape index (κ1) is 16.8. The fraction of sp³-hybridized carbons (Fsp3) is 0.294. The van der Waals surface area contributed by atoms with Crippen LogP contribution in [0.25, 0.3) is 0 Å². The summed E-state index contributed by atoms with van der Waals surface area (Å²) in [5.74, 6) is 2.00. The Morgan fingerprint density at radius 3 is 2.13 bits per heavy atom. The van der Waals surface area contributed by atoms with E-state index in [1.54, 1.807) is 36.4 Å². The summed E-state index contributed by atoms with van der Waals surface area (Å²) in [5.41, 5.74) is 6.83. The van der Waals surface area contributed by atoms with Crippen molar-refractivity contribution in [1.82, 2.24) is 0 Å². The van der Waals surface area contributed by atoms with Gasteiger partial charge in [0, 0.05) is 11.3 Å². The summed E-state index contributed by atoms with van der Waals surface area (Å²) < 4.78 is 21.5. The van der Waals surface area contributed by atoms with Gasteiger partial charge in [0.05, 0.1) is 21.3 Å². The molecule has 1 atom stereocenters. The summed E-state index contributed by atoms with van der Waals surface area (Å²) in [6.07, 6.45) is -0.887. The minimum Gasteiger partial charge on any atom is -0.493 e. The maximum Gasteiger partial charge on any atom is 0.203 e. The van der Waals surface area contributed by atoms with Gasteiger partial charge in [0.25, 0.3) is 0 Å². The van der Waals surface area contributed by atoms with Crippen molar-refractivity contribution in [2.75, 3.05) is 33.7 Å². The fourth-order valence-corrected chi connectivity index (χ4v) is 2.22. The topological polar surface area (TPSA) is 83.2 Å². The lowest BCUT2D eigenvalue weighted by Crippen LogP contribution is -2.11. The average Bonchev–Trinajstić information content (AvgIpc) is 2.59. The summed E-state index contributed by atoms with van der Waals surface area (Å²) in [6, 6.07) is 10.4. The molecule has 0 saturated heterocycles. The number of rotatable bonds is 7. The maximum absolute atomic E-state index is 10.4.